The maximum atomic E-state index is 13.9. The number of alkyl carbamates (subject to hydrolysis) is 1. The van der Waals surface area contributed by atoms with Gasteiger partial charge in [0, 0.05) is 47.9 Å². The van der Waals surface area contributed by atoms with E-state index in [0.717, 1.165) is 53.5 Å². The molecule has 0 unspecified atom stereocenters. The van der Waals surface area contributed by atoms with Gasteiger partial charge in [-0.15, -0.1) is 0 Å². The Morgan fingerprint density at radius 2 is 1.68 bits per heavy atom. The molecule has 210 valence electrons. The maximum absolute atomic E-state index is 13.9. The van der Waals surface area contributed by atoms with Crippen LogP contribution >= 0.6 is 0 Å². The lowest BCUT2D eigenvalue weighted by molar-refractivity contribution is -0.134. The molecule has 41 heavy (non-hydrogen) atoms. The van der Waals surface area contributed by atoms with E-state index in [4.69, 9.17) is 4.74 Å². The fraction of sp³-hybridized carbons (Fsp3) is 0.281. The van der Waals surface area contributed by atoms with Crippen LogP contribution in [-0.4, -0.2) is 53.0 Å². The Balaban J connectivity index is 1.17. The standard InChI is InChI=1S/C32H33N5O4/c38-30(21-6-2-1-3-7-21)35-25-11-10-22-19-37(20-24(22)16-25)31(39)29(36-32(40)41-26-12-14-33-15-13-26)17-23-18-34-28-9-5-4-8-27(23)28/h1-11,16,18,26,29,33-34H,12-15,17,19-20H2,(H,35,38)(H,36,40)/t29-/m1/s1. The van der Waals surface area contributed by atoms with Crippen LogP contribution in [0.1, 0.15) is 39.9 Å². The molecule has 0 spiro atoms. The molecule has 1 aromatic heterocycles. The van der Waals surface area contributed by atoms with Gasteiger partial charge in [-0.05, 0) is 73.0 Å². The van der Waals surface area contributed by atoms with E-state index < -0.39 is 12.1 Å². The number of H-pyrrole nitrogens is 1. The molecule has 0 radical (unpaired) electrons. The molecule has 9 heteroatoms. The number of amides is 3. The topological polar surface area (TPSA) is 116 Å². The maximum Gasteiger partial charge on any atom is 0.408 e. The predicted octanol–water partition coefficient (Wildman–Crippen LogP) is 4.35. The monoisotopic (exact) mass is 551 g/mol. The molecule has 6 rings (SSSR count). The Morgan fingerprint density at radius 3 is 2.51 bits per heavy atom. The Bertz CT molecular complexity index is 1560. The van der Waals surface area contributed by atoms with Crippen molar-refractivity contribution in [1.82, 2.24) is 20.5 Å². The van der Waals surface area contributed by atoms with Gasteiger partial charge in [0.15, 0.2) is 0 Å². The number of aromatic amines is 1. The summed E-state index contributed by atoms with van der Waals surface area (Å²) in [4.78, 5) is 44.5. The second kappa shape index (κ2) is 11.9. The van der Waals surface area contributed by atoms with Crippen LogP contribution in [0.4, 0.5) is 10.5 Å². The number of hydrogen-bond acceptors (Lipinski definition) is 5. The predicted molar refractivity (Wildman–Crippen MR) is 156 cm³/mol. The number of anilines is 1. The first-order valence-electron chi connectivity index (χ1n) is 14.0. The van der Waals surface area contributed by atoms with Crippen LogP contribution in [0.15, 0.2) is 79.0 Å². The molecule has 3 amide bonds. The van der Waals surface area contributed by atoms with E-state index in [1.54, 1.807) is 17.0 Å². The number of para-hydroxylation sites is 1. The first-order chi connectivity index (χ1) is 20.0. The molecule has 3 heterocycles. The Hall–Kier alpha value is -4.63. The number of nitrogens with zero attached hydrogens (tertiary/aromatic N) is 1. The van der Waals surface area contributed by atoms with Crippen LogP contribution in [0.25, 0.3) is 10.9 Å². The summed E-state index contributed by atoms with van der Waals surface area (Å²) in [5.41, 5.74) is 5.15. The van der Waals surface area contributed by atoms with Crippen LogP contribution < -0.4 is 16.0 Å². The van der Waals surface area contributed by atoms with Crippen molar-refractivity contribution in [2.75, 3.05) is 18.4 Å². The number of nitrogens with one attached hydrogen (secondary N) is 4. The van der Waals surface area contributed by atoms with Gasteiger partial charge < -0.3 is 30.6 Å². The first kappa shape index (κ1) is 26.6. The van der Waals surface area contributed by atoms with Crippen LogP contribution in [0.3, 0.4) is 0 Å². The van der Waals surface area contributed by atoms with Crippen molar-refractivity contribution in [2.24, 2.45) is 0 Å². The van der Waals surface area contributed by atoms with E-state index in [0.29, 0.717) is 30.8 Å². The third kappa shape index (κ3) is 6.10. The second-order valence-electron chi connectivity index (χ2n) is 10.6. The lowest BCUT2D eigenvalue weighted by Gasteiger charge is -2.26. The molecule has 3 aromatic carbocycles. The van der Waals surface area contributed by atoms with Gasteiger partial charge in [0.05, 0.1) is 0 Å². The van der Waals surface area contributed by atoms with Gasteiger partial charge in [-0.2, -0.15) is 0 Å². The summed E-state index contributed by atoms with van der Waals surface area (Å²) >= 11 is 0. The van der Waals surface area contributed by atoms with E-state index >= 15 is 0 Å². The smallest absolute Gasteiger partial charge is 0.408 e. The lowest BCUT2D eigenvalue weighted by atomic mass is 10.0. The van der Waals surface area contributed by atoms with Gasteiger partial charge in [0.1, 0.15) is 12.1 Å². The number of benzene rings is 3. The number of hydrogen-bond donors (Lipinski definition) is 4. The van der Waals surface area contributed by atoms with Crippen LogP contribution in [0.5, 0.6) is 0 Å². The van der Waals surface area contributed by atoms with E-state index in [9.17, 15) is 14.4 Å². The fourth-order valence-electron chi connectivity index (χ4n) is 5.60. The third-order valence-electron chi connectivity index (χ3n) is 7.78. The zero-order valence-electron chi connectivity index (χ0n) is 22.7. The van der Waals surface area contributed by atoms with Gasteiger partial charge in [-0.1, -0.05) is 42.5 Å². The minimum atomic E-state index is -0.796. The van der Waals surface area contributed by atoms with Gasteiger partial charge in [0.2, 0.25) is 5.91 Å². The highest BCUT2D eigenvalue weighted by Crippen LogP contribution is 2.28. The van der Waals surface area contributed by atoms with Crippen LogP contribution in [0.2, 0.25) is 0 Å². The van der Waals surface area contributed by atoms with E-state index in [-0.39, 0.29) is 17.9 Å². The number of piperidine rings is 1. The zero-order chi connectivity index (χ0) is 28.2. The Morgan fingerprint density at radius 1 is 0.927 bits per heavy atom. The number of fused-ring (bicyclic) bond motifs is 2. The molecule has 2 aliphatic heterocycles. The quantitative estimate of drug-likeness (QED) is 0.273. The van der Waals surface area contributed by atoms with Crippen LogP contribution in [0, 0.1) is 0 Å². The average molecular weight is 552 g/mol. The molecule has 0 bridgehead atoms. The largest absolute Gasteiger partial charge is 0.446 e. The SMILES string of the molecule is O=C(N[C@H](Cc1c[nH]c2ccccc12)C(=O)N1Cc2ccc(NC(=O)c3ccccc3)cc2C1)OC1CCNCC1. The number of ether oxygens (including phenoxy) is 1. The van der Waals surface area contributed by atoms with Crippen molar-refractivity contribution in [3.63, 3.8) is 0 Å². The van der Waals surface area contributed by atoms with Crippen molar-refractivity contribution >= 4 is 34.5 Å². The van der Waals surface area contributed by atoms with Crippen molar-refractivity contribution in [3.8, 4) is 0 Å². The van der Waals surface area contributed by atoms with Gasteiger partial charge in [-0.25, -0.2) is 4.79 Å². The first-order valence-corrected chi connectivity index (χ1v) is 14.0. The molecular formula is C32H33N5O4. The van der Waals surface area contributed by atoms with E-state index in [1.165, 1.54) is 0 Å². The summed E-state index contributed by atoms with van der Waals surface area (Å²) in [6.07, 6.45) is 2.98. The van der Waals surface area contributed by atoms with Gasteiger partial charge in [-0.3, -0.25) is 9.59 Å². The van der Waals surface area contributed by atoms with Crippen molar-refractivity contribution in [3.05, 3.63) is 101 Å². The highest BCUT2D eigenvalue weighted by molar-refractivity contribution is 6.04. The minimum Gasteiger partial charge on any atom is -0.446 e. The molecule has 1 fully saturated rings. The molecule has 0 aliphatic carbocycles. The molecule has 2 aliphatic rings. The molecule has 4 aromatic rings. The molecular weight excluding hydrogens is 518 g/mol. The molecule has 4 N–H and O–H groups in total. The molecule has 0 saturated carbocycles. The van der Waals surface area contributed by atoms with Gasteiger partial charge >= 0.3 is 6.09 Å². The third-order valence-corrected chi connectivity index (χ3v) is 7.78. The summed E-state index contributed by atoms with van der Waals surface area (Å²) in [5, 5.41) is 10.1. The van der Waals surface area contributed by atoms with Gasteiger partial charge in [0.25, 0.3) is 5.91 Å². The summed E-state index contributed by atoms with van der Waals surface area (Å²) in [5.74, 6) is -0.365. The number of carbonyl (C=O) groups excluding carboxylic acids is 3. The lowest BCUT2D eigenvalue weighted by Crippen LogP contribution is -2.49. The van der Waals surface area contributed by atoms with Crippen LogP contribution in [-0.2, 0) is 29.0 Å². The average Bonchev–Trinajstić information content (AvgIpc) is 3.61. The summed E-state index contributed by atoms with van der Waals surface area (Å²) < 4.78 is 5.68. The number of rotatable bonds is 7. The number of carbonyl (C=O) groups is 3. The summed E-state index contributed by atoms with van der Waals surface area (Å²) in [6, 6.07) is 21.9. The van der Waals surface area contributed by atoms with Crippen molar-refractivity contribution in [2.45, 2.75) is 44.5 Å². The Labute approximate surface area is 238 Å². The molecule has 9 nitrogen and oxygen atoms in total. The summed E-state index contributed by atoms with van der Waals surface area (Å²) in [7, 11) is 0. The summed E-state index contributed by atoms with van der Waals surface area (Å²) in [6.45, 7) is 2.42. The number of aromatic nitrogens is 1. The normalized spacial score (nSPS) is 15.8. The molecule has 1 saturated heterocycles. The van der Waals surface area contributed by atoms with E-state index in [1.807, 2.05) is 66.9 Å². The minimum absolute atomic E-state index is 0.166. The highest BCUT2D eigenvalue weighted by Gasteiger charge is 2.32. The van der Waals surface area contributed by atoms with E-state index in [2.05, 4.69) is 20.9 Å². The van der Waals surface area contributed by atoms with Crippen molar-refractivity contribution in [1.29, 1.82) is 0 Å². The molecule has 1 atom stereocenters. The zero-order valence-corrected chi connectivity index (χ0v) is 22.7. The highest BCUT2D eigenvalue weighted by atomic mass is 16.6. The fourth-order valence-corrected chi connectivity index (χ4v) is 5.60. The second-order valence-corrected chi connectivity index (χ2v) is 10.6. The Kier molecular flexibility index (Phi) is 7.69. The van der Waals surface area contributed by atoms with Crippen molar-refractivity contribution < 1.29 is 19.1 Å².